The summed E-state index contributed by atoms with van der Waals surface area (Å²) in [6.45, 7) is 4.39. The Bertz CT molecular complexity index is 384. The molecule has 1 aromatic rings. The van der Waals surface area contributed by atoms with Gasteiger partial charge in [0.15, 0.2) is 5.78 Å². The average Bonchev–Trinajstić information content (AvgIpc) is 2.38. The lowest BCUT2D eigenvalue weighted by molar-refractivity contribution is 0.101. The molecule has 1 aromatic carbocycles. The van der Waals surface area contributed by atoms with E-state index < -0.39 is 0 Å². The van der Waals surface area contributed by atoms with E-state index in [9.17, 15) is 4.79 Å². The van der Waals surface area contributed by atoms with Gasteiger partial charge in [0.2, 0.25) is 0 Å². The van der Waals surface area contributed by atoms with E-state index in [0.29, 0.717) is 23.8 Å². The number of ketones is 1. The summed E-state index contributed by atoms with van der Waals surface area (Å²) < 4.78 is 5.78. The van der Waals surface area contributed by atoms with Crippen molar-refractivity contribution in [3.8, 4) is 5.75 Å². The predicted molar refractivity (Wildman–Crippen MR) is 67.5 cm³/mol. The van der Waals surface area contributed by atoms with Gasteiger partial charge in [-0.05, 0) is 38.4 Å². The number of benzene rings is 1. The number of nitrogens with one attached hydrogen (secondary N) is 1. The molecule has 0 aromatic heterocycles. The summed E-state index contributed by atoms with van der Waals surface area (Å²) in [5, 5.41) is 3.36. The summed E-state index contributed by atoms with van der Waals surface area (Å²) in [5.74, 6) is 1.33. The Kier molecular flexibility index (Phi) is 4.15. The van der Waals surface area contributed by atoms with Gasteiger partial charge in [-0.15, -0.1) is 0 Å². The first kappa shape index (κ1) is 12.1. The van der Waals surface area contributed by atoms with Crippen molar-refractivity contribution in [2.24, 2.45) is 5.92 Å². The molecule has 0 aliphatic carbocycles. The minimum atomic E-state index is 0.0577. The first-order chi connectivity index (χ1) is 8.27. The molecular formula is C14H19NO2. The third-order valence-corrected chi connectivity index (χ3v) is 3.14. The van der Waals surface area contributed by atoms with Crippen molar-refractivity contribution in [2.45, 2.75) is 19.8 Å². The van der Waals surface area contributed by atoms with Gasteiger partial charge in [-0.25, -0.2) is 0 Å². The standard InChI is InChI=1S/C14H19NO2/c1-11(16)13-6-2-3-7-14(13)17-10-12-5-4-8-15-9-12/h2-3,6-7,12,15H,4-5,8-10H2,1H3/t12-/m0/s1. The topological polar surface area (TPSA) is 38.3 Å². The van der Waals surface area contributed by atoms with Crippen LogP contribution in [0.2, 0.25) is 0 Å². The molecule has 92 valence electrons. The highest BCUT2D eigenvalue weighted by molar-refractivity contribution is 5.96. The quantitative estimate of drug-likeness (QED) is 0.811. The highest BCUT2D eigenvalue weighted by Gasteiger charge is 2.15. The van der Waals surface area contributed by atoms with Crippen molar-refractivity contribution in [1.29, 1.82) is 0 Å². The van der Waals surface area contributed by atoms with Crippen molar-refractivity contribution >= 4 is 5.78 Å². The Balaban J connectivity index is 1.96. The van der Waals surface area contributed by atoms with E-state index in [1.807, 2.05) is 24.3 Å². The van der Waals surface area contributed by atoms with Gasteiger partial charge in [0, 0.05) is 12.5 Å². The molecule has 0 spiro atoms. The molecule has 1 aliphatic heterocycles. The number of piperidine rings is 1. The number of carbonyl (C=O) groups is 1. The van der Waals surface area contributed by atoms with Crippen LogP contribution in [0.15, 0.2) is 24.3 Å². The van der Waals surface area contributed by atoms with Gasteiger partial charge < -0.3 is 10.1 Å². The third kappa shape index (κ3) is 3.30. The molecule has 3 heteroatoms. The predicted octanol–water partition coefficient (Wildman–Crippen LogP) is 2.27. The van der Waals surface area contributed by atoms with Gasteiger partial charge in [-0.3, -0.25) is 4.79 Å². The lowest BCUT2D eigenvalue weighted by Gasteiger charge is -2.23. The molecule has 0 unspecified atom stereocenters. The Labute approximate surface area is 102 Å². The maximum absolute atomic E-state index is 11.4. The maximum Gasteiger partial charge on any atom is 0.163 e. The molecule has 1 aliphatic rings. The van der Waals surface area contributed by atoms with Crippen LogP contribution < -0.4 is 10.1 Å². The van der Waals surface area contributed by atoms with Crippen LogP contribution in [-0.4, -0.2) is 25.5 Å². The summed E-state index contributed by atoms with van der Waals surface area (Å²) in [6.07, 6.45) is 2.41. The summed E-state index contributed by atoms with van der Waals surface area (Å²) >= 11 is 0. The number of ether oxygens (including phenoxy) is 1. The first-order valence-corrected chi connectivity index (χ1v) is 6.21. The molecule has 1 atom stereocenters. The van der Waals surface area contributed by atoms with Gasteiger partial charge in [-0.2, -0.15) is 0 Å². The monoisotopic (exact) mass is 233 g/mol. The molecule has 1 fully saturated rings. The molecule has 1 N–H and O–H groups in total. The van der Waals surface area contributed by atoms with Crippen LogP contribution >= 0.6 is 0 Å². The molecule has 1 heterocycles. The lowest BCUT2D eigenvalue weighted by Crippen LogP contribution is -2.33. The minimum absolute atomic E-state index is 0.0577. The number of rotatable bonds is 4. The van der Waals surface area contributed by atoms with Gasteiger partial charge >= 0.3 is 0 Å². The SMILES string of the molecule is CC(=O)c1ccccc1OC[C@H]1CCCNC1. The number of hydrogen-bond donors (Lipinski definition) is 1. The summed E-state index contributed by atoms with van der Waals surface area (Å²) in [4.78, 5) is 11.4. The Morgan fingerprint density at radius 3 is 3.00 bits per heavy atom. The number of Topliss-reactive ketones (excluding diaryl/α,β-unsaturated/α-hetero) is 1. The van der Waals surface area contributed by atoms with Crippen molar-refractivity contribution in [3.05, 3.63) is 29.8 Å². The van der Waals surface area contributed by atoms with Crippen LogP contribution in [0.5, 0.6) is 5.75 Å². The minimum Gasteiger partial charge on any atom is -0.492 e. The molecule has 1 saturated heterocycles. The van der Waals surface area contributed by atoms with Crippen LogP contribution in [-0.2, 0) is 0 Å². The zero-order valence-corrected chi connectivity index (χ0v) is 10.2. The third-order valence-electron chi connectivity index (χ3n) is 3.14. The molecule has 2 rings (SSSR count). The molecule has 17 heavy (non-hydrogen) atoms. The van der Waals surface area contributed by atoms with E-state index in [-0.39, 0.29) is 5.78 Å². The summed E-state index contributed by atoms with van der Waals surface area (Å²) in [5.41, 5.74) is 0.677. The lowest BCUT2D eigenvalue weighted by atomic mass is 10.0. The number of para-hydroxylation sites is 1. The van der Waals surface area contributed by atoms with Crippen molar-refractivity contribution in [1.82, 2.24) is 5.32 Å². The van der Waals surface area contributed by atoms with Crippen LogP contribution in [0.4, 0.5) is 0 Å². The van der Waals surface area contributed by atoms with Crippen LogP contribution in [0.25, 0.3) is 0 Å². The molecular weight excluding hydrogens is 214 g/mol. The summed E-state index contributed by atoms with van der Waals surface area (Å²) in [6, 6.07) is 7.45. The smallest absolute Gasteiger partial charge is 0.163 e. The largest absolute Gasteiger partial charge is 0.492 e. The Morgan fingerprint density at radius 1 is 1.47 bits per heavy atom. The zero-order valence-electron chi connectivity index (χ0n) is 10.2. The fourth-order valence-corrected chi connectivity index (χ4v) is 2.16. The molecule has 0 radical (unpaired) electrons. The van der Waals surface area contributed by atoms with Crippen molar-refractivity contribution in [2.75, 3.05) is 19.7 Å². The Morgan fingerprint density at radius 2 is 2.29 bits per heavy atom. The van der Waals surface area contributed by atoms with E-state index in [0.717, 1.165) is 13.1 Å². The maximum atomic E-state index is 11.4. The second-order valence-electron chi connectivity index (χ2n) is 4.58. The first-order valence-electron chi connectivity index (χ1n) is 6.21. The second kappa shape index (κ2) is 5.82. The normalized spacial score (nSPS) is 19.9. The van der Waals surface area contributed by atoms with E-state index in [2.05, 4.69) is 5.32 Å². The van der Waals surface area contributed by atoms with Crippen LogP contribution in [0.3, 0.4) is 0 Å². The highest BCUT2D eigenvalue weighted by atomic mass is 16.5. The van der Waals surface area contributed by atoms with Crippen molar-refractivity contribution in [3.63, 3.8) is 0 Å². The van der Waals surface area contributed by atoms with Gasteiger partial charge in [-0.1, -0.05) is 12.1 Å². The second-order valence-corrected chi connectivity index (χ2v) is 4.58. The van der Waals surface area contributed by atoms with Crippen molar-refractivity contribution < 1.29 is 9.53 Å². The molecule has 0 bridgehead atoms. The highest BCUT2D eigenvalue weighted by Crippen LogP contribution is 2.20. The molecule has 0 amide bonds. The van der Waals surface area contributed by atoms with E-state index >= 15 is 0 Å². The summed E-state index contributed by atoms with van der Waals surface area (Å²) in [7, 11) is 0. The van der Waals surface area contributed by atoms with Gasteiger partial charge in [0.05, 0.1) is 12.2 Å². The number of carbonyl (C=O) groups excluding carboxylic acids is 1. The Hall–Kier alpha value is -1.35. The van der Waals surface area contributed by atoms with E-state index in [4.69, 9.17) is 4.74 Å². The van der Waals surface area contributed by atoms with Crippen LogP contribution in [0, 0.1) is 5.92 Å². The number of hydrogen-bond acceptors (Lipinski definition) is 3. The fourth-order valence-electron chi connectivity index (χ4n) is 2.16. The van der Waals surface area contributed by atoms with Gasteiger partial charge in [0.1, 0.15) is 5.75 Å². The average molecular weight is 233 g/mol. The molecule has 0 saturated carbocycles. The van der Waals surface area contributed by atoms with Gasteiger partial charge in [0.25, 0.3) is 0 Å². The fraction of sp³-hybridized carbons (Fsp3) is 0.500. The van der Waals surface area contributed by atoms with E-state index in [1.165, 1.54) is 12.8 Å². The molecule has 3 nitrogen and oxygen atoms in total. The van der Waals surface area contributed by atoms with E-state index in [1.54, 1.807) is 6.92 Å². The van der Waals surface area contributed by atoms with Crippen LogP contribution in [0.1, 0.15) is 30.1 Å². The zero-order chi connectivity index (χ0) is 12.1.